The number of sulfonamides is 1. The van der Waals surface area contributed by atoms with Gasteiger partial charge in [-0.3, -0.25) is 13.9 Å². The zero-order chi connectivity index (χ0) is 27.2. The molecule has 1 N–H and O–H groups in total. The van der Waals surface area contributed by atoms with Gasteiger partial charge < -0.3 is 10.2 Å². The molecular weight excluding hydrogens is 533 g/mol. The minimum Gasteiger partial charge on any atom is -0.357 e. The van der Waals surface area contributed by atoms with Gasteiger partial charge in [-0.15, -0.1) is 0 Å². The van der Waals surface area contributed by atoms with Crippen molar-refractivity contribution in [3.8, 4) is 0 Å². The fourth-order valence-corrected chi connectivity index (χ4v) is 5.96. The lowest BCUT2D eigenvalue weighted by Crippen LogP contribution is -2.51. The molecule has 0 radical (unpaired) electrons. The molecule has 3 rings (SSSR count). The molecule has 0 saturated heterocycles. The monoisotopic (exact) mass is 561 g/mol. The molecular formula is C27H29Cl2N3O4S. The normalized spacial score (nSPS) is 12.0. The smallest absolute Gasteiger partial charge is 0.264 e. The molecule has 3 aromatic carbocycles. The van der Waals surface area contributed by atoms with Crippen molar-refractivity contribution in [1.82, 2.24) is 10.2 Å². The van der Waals surface area contributed by atoms with Crippen LogP contribution in [0.5, 0.6) is 0 Å². The summed E-state index contributed by atoms with van der Waals surface area (Å²) in [4.78, 5) is 28.0. The van der Waals surface area contributed by atoms with E-state index in [1.165, 1.54) is 42.3 Å². The maximum absolute atomic E-state index is 13.9. The van der Waals surface area contributed by atoms with Gasteiger partial charge in [-0.1, -0.05) is 78.2 Å². The summed E-state index contributed by atoms with van der Waals surface area (Å²) in [6.07, 6.45) is 0.339. The van der Waals surface area contributed by atoms with Gasteiger partial charge in [0.05, 0.1) is 10.6 Å². The van der Waals surface area contributed by atoms with Crippen molar-refractivity contribution in [3.05, 3.63) is 94.0 Å². The number of nitrogens with one attached hydrogen (secondary N) is 1. The lowest BCUT2D eigenvalue weighted by molar-refractivity contribution is -0.140. The van der Waals surface area contributed by atoms with Crippen LogP contribution >= 0.6 is 23.2 Å². The maximum atomic E-state index is 13.9. The van der Waals surface area contributed by atoms with Crippen LogP contribution in [0.25, 0.3) is 0 Å². The first-order valence-corrected chi connectivity index (χ1v) is 13.9. The van der Waals surface area contributed by atoms with Gasteiger partial charge in [-0.25, -0.2) is 8.42 Å². The second-order valence-corrected chi connectivity index (χ2v) is 11.2. The summed E-state index contributed by atoms with van der Waals surface area (Å²) in [5, 5.41) is 3.04. The highest BCUT2D eigenvalue weighted by Crippen LogP contribution is 2.30. The zero-order valence-electron chi connectivity index (χ0n) is 20.8. The number of aryl methyl sites for hydroxylation is 1. The zero-order valence-corrected chi connectivity index (χ0v) is 23.1. The Morgan fingerprint density at radius 2 is 1.59 bits per heavy atom. The Morgan fingerprint density at radius 3 is 2.16 bits per heavy atom. The molecule has 2 amide bonds. The van der Waals surface area contributed by atoms with Crippen molar-refractivity contribution in [3.63, 3.8) is 0 Å². The number of benzene rings is 3. The van der Waals surface area contributed by atoms with E-state index >= 15 is 0 Å². The van der Waals surface area contributed by atoms with Gasteiger partial charge in [0.25, 0.3) is 10.0 Å². The van der Waals surface area contributed by atoms with E-state index in [1.54, 1.807) is 25.1 Å². The van der Waals surface area contributed by atoms with Crippen molar-refractivity contribution < 1.29 is 18.0 Å². The molecule has 0 heterocycles. The van der Waals surface area contributed by atoms with Gasteiger partial charge in [0.15, 0.2) is 0 Å². The third-order valence-electron chi connectivity index (χ3n) is 5.81. The van der Waals surface area contributed by atoms with E-state index in [0.717, 1.165) is 15.4 Å². The molecule has 0 aromatic heterocycles. The summed E-state index contributed by atoms with van der Waals surface area (Å²) < 4.78 is 28.4. The molecule has 0 aliphatic heterocycles. The van der Waals surface area contributed by atoms with E-state index in [1.807, 2.05) is 31.2 Å². The minimum atomic E-state index is -4.19. The molecule has 0 spiro atoms. The van der Waals surface area contributed by atoms with Crippen molar-refractivity contribution in [2.45, 2.75) is 37.8 Å². The second kappa shape index (κ2) is 12.4. The van der Waals surface area contributed by atoms with Crippen LogP contribution in [0, 0.1) is 6.92 Å². The summed E-state index contributed by atoms with van der Waals surface area (Å²) >= 11 is 12.4. The lowest BCUT2D eigenvalue weighted by Gasteiger charge is -2.33. The highest BCUT2D eigenvalue weighted by molar-refractivity contribution is 7.92. The number of hydrogen-bond donors (Lipinski definition) is 1. The Hall–Kier alpha value is -3.07. The third kappa shape index (κ3) is 7.03. The van der Waals surface area contributed by atoms with Crippen molar-refractivity contribution in [2.24, 2.45) is 0 Å². The number of carbonyl (C=O) groups excluding carboxylic acids is 2. The Kier molecular flexibility index (Phi) is 9.59. The van der Waals surface area contributed by atoms with Crippen LogP contribution in [-0.2, 0) is 26.2 Å². The van der Waals surface area contributed by atoms with Crippen molar-refractivity contribution in [2.75, 3.05) is 17.9 Å². The first-order valence-electron chi connectivity index (χ1n) is 11.7. The van der Waals surface area contributed by atoms with E-state index in [2.05, 4.69) is 5.32 Å². The average molecular weight is 563 g/mol. The molecule has 0 aliphatic rings. The largest absolute Gasteiger partial charge is 0.357 e. The predicted octanol–water partition coefficient (Wildman–Crippen LogP) is 5.05. The molecule has 7 nitrogen and oxygen atoms in total. The number of likely N-dealkylation sites (N-methyl/N-ethyl adjacent to an activating group) is 1. The summed E-state index contributed by atoms with van der Waals surface area (Å²) in [6.45, 7) is 3.30. The van der Waals surface area contributed by atoms with Crippen LogP contribution in [0.4, 0.5) is 5.69 Å². The molecule has 3 aromatic rings. The SMILES string of the molecule is CC[C@@H](C(=O)NC)N(Cc1cccc(C)c1)C(=O)CN(c1cc(Cl)cc(Cl)c1)S(=O)(=O)c1ccccc1. The number of nitrogens with zero attached hydrogens (tertiary/aromatic N) is 2. The molecule has 0 fully saturated rings. The summed E-state index contributed by atoms with van der Waals surface area (Å²) in [5.74, 6) is -0.890. The second-order valence-electron chi connectivity index (χ2n) is 8.50. The fraction of sp³-hybridized carbons (Fsp3) is 0.259. The minimum absolute atomic E-state index is 0.00229. The molecule has 37 heavy (non-hydrogen) atoms. The highest BCUT2D eigenvalue weighted by Gasteiger charge is 2.33. The van der Waals surface area contributed by atoms with Crippen LogP contribution in [0.15, 0.2) is 77.7 Å². The van der Waals surface area contributed by atoms with Gasteiger partial charge in [0.2, 0.25) is 11.8 Å². The summed E-state index contributed by atoms with van der Waals surface area (Å²) in [7, 11) is -2.69. The third-order valence-corrected chi connectivity index (χ3v) is 8.04. The standard InChI is InChI=1S/C27H29Cl2N3O4S/c1-4-25(27(34)30-3)31(17-20-10-8-9-19(2)13-20)26(33)18-32(23-15-21(28)14-22(29)16-23)37(35,36)24-11-6-5-7-12-24/h5-16,25H,4,17-18H2,1-3H3,(H,30,34)/t25-/m0/s1. The van der Waals surface area contributed by atoms with E-state index in [4.69, 9.17) is 23.2 Å². The molecule has 0 unspecified atom stereocenters. The molecule has 0 bridgehead atoms. The van der Waals surface area contributed by atoms with Crippen LogP contribution in [-0.4, -0.2) is 44.8 Å². The molecule has 1 atom stereocenters. The van der Waals surface area contributed by atoms with Gasteiger partial charge in [0.1, 0.15) is 12.6 Å². The molecule has 0 aliphatic carbocycles. The lowest BCUT2D eigenvalue weighted by atomic mass is 10.1. The predicted molar refractivity (Wildman–Crippen MR) is 147 cm³/mol. The maximum Gasteiger partial charge on any atom is 0.264 e. The summed E-state index contributed by atoms with van der Waals surface area (Å²) in [5.41, 5.74) is 1.96. The summed E-state index contributed by atoms with van der Waals surface area (Å²) in [6, 6.07) is 18.9. The van der Waals surface area contributed by atoms with Gasteiger partial charge in [-0.05, 0) is 49.2 Å². The highest BCUT2D eigenvalue weighted by atomic mass is 35.5. The number of halogens is 2. The Balaban J connectivity index is 2.08. The van der Waals surface area contributed by atoms with E-state index in [-0.39, 0.29) is 33.1 Å². The van der Waals surface area contributed by atoms with Gasteiger partial charge in [-0.2, -0.15) is 0 Å². The number of carbonyl (C=O) groups is 2. The van der Waals surface area contributed by atoms with E-state index in [9.17, 15) is 18.0 Å². The van der Waals surface area contributed by atoms with E-state index in [0.29, 0.717) is 6.42 Å². The first kappa shape index (κ1) is 28.5. The van der Waals surface area contributed by atoms with Crippen LogP contribution < -0.4 is 9.62 Å². The number of hydrogen-bond acceptors (Lipinski definition) is 4. The molecule has 196 valence electrons. The number of anilines is 1. The van der Waals surface area contributed by atoms with Crippen LogP contribution in [0.1, 0.15) is 24.5 Å². The number of amides is 2. The fourth-order valence-electron chi connectivity index (χ4n) is 4.02. The molecule has 10 heteroatoms. The molecule has 0 saturated carbocycles. The van der Waals surface area contributed by atoms with Crippen molar-refractivity contribution in [1.29, 1.82) is 0 Å². The van der Waals surface area contributed by atoms with Crippen molar-refractivity contribution >= 4 is 50.7 Å². The Morgan fingerprint density at radius 1 is 0.946 bits per heavy atom. The first-order chi connectivity index (χ1) is 17.6. The average Bonchev–Trinajstić information content (AvgIpc) is 2.86. The van der Waals surface area contributed by atoms with Gasteiger partial charge >= 0.3 is 0 Å². The van der Waals surface area contributed by atoms with Crippen LogP contribution in [0.2, 0.25) is 10.0 Å². The quantitative estimate of drug-likeness (QED) is 0.375. The van der Waals surface area contributed by atoms with Crippen LogP contribution in [0.3, 0.4) is 0 Å². The Labute approximate surface area is 228 Å². The number of rotatable bonds is 10. The van der Waals surface area contributed by atoms with E-state index < -0.39 is 28.5 Å². The topological polar surface area (TPSA) is 86.8 Å². The van der Waals surface area contributed by atoms with Gasteiger partial charge in [0, 0.05) is 23.6 Å². The Bertz CT molecular complexity index is 1350.